The van der Waals surface area contributed by atoms with Gasteiger partial charge >= 0.3 is 0 Å². The molecule has 0 atom stereocenters. The quantitative estimate of drug-likeness (QED) is 0.141. The molecule has 0 bridgehead atoms. The summed E-state index contributed by atoms with van der Waals surface area (Å²) in [5.41, 5.74) is 9.31. The van der Waals surface area contributed by atoms with Crippen molar-refractivity contribution in [2.75, 3.05) is 0 Å². The fourth-order valence-electron chi connectivity index (χ4n) is 12.6. The van der Waals surface area contributed by atoms with Crippen molar-refractivity contribution in [3.8, 4) is 22.5 Å². The molecular weight excluding hydrogens is 901 g/mol. The van der Waals surface area contributed by atoms with Crippen LogP contribution in [-0.4, -0.2) is 25.3 Å². The molecule has 0 radical (unpaired) electrons. The van der Waals surface area contributed by atoms with Crippen molar-refractivity contribution in [3.05, 3.63) is 278 Å². The summed E-state index contributed by atoms with van der Waals surface area (Å²) in [6.45, 7) is 4.28. The smallest absolute Gasteiger partial charge is 0.179 e. The number of aromatic nitrogens is 2. The van der Waals surface area contributed by atoms with Crippen LogP contribution in [0.3, 0.4) is 0 Å². The van der Waals surface area contributed by atoms with Crippen molar-refractivity contribution in [3.63, 3.8) is 0 Å². The minimum Gasteiger partial charge on any atom is -0.309 e. The lowest BCUT2D eigenvalue weighted by atomic mass is 10.0. The maximum absolute atomic E-state index is 9.06. The minimum atomic E-state index is -3.17. The predicted octanol–water partition coefficient (Wildman–Crippen LogP) is 11.2. The Morgan fingerprint density at radius 2 is 0.694 bits per heavy atom. The van der Waals surface area contributed by atoms with Crippen LogP contribution in [0.1, 0.15) is 18.0 Å². The second-order valence-electron chi connectivity index (χ2n) is 19.4. The van der Waals surface area contributed by atoms with E-state index in [0.29, 0.717) is 5.56 Å². The van der Waals surface area contributed by atoms with Crippen molar-refractivity contribution in [2.24, 2.45) is 0 Å². The summed E-state index contributed by atoms with van der Waals surface area (Å²) in [7, 11) is -6.09. The van der Waals surface area contributed by atoms with Crippen molar-refractivity contribution in [2.45, 2.75) is 13.8 Å². The molecule has 0 spiro atoms. The van der Waals surface area contributed by atoms with Gasteiger partial charge in [0.15, 0.2) is 16.1 Å². The molecule has 11 aromatic carbocycles. The van der Waals surface area contributed by atoms with Gasteiger partial charge in [-0.1, -0.05) is 211 Å². The van der Waals surface area contributed by atoms with E-state index in [4.69, 9.17) is 6.85 Å². The molecule has 13 aromatic rings. The summed E-state index contributed by atoms with van der Waals surface area (Å²) in [5, 5.41) is 15.2. The lowest BCUT2D eigenvalue weighted by Crippen LogP contribution is -2.93. The minimum absolute atomic E-state index is 0.182. The molecule has 1 aliphatic rings. The van der Waals surface area contributed by atoms with E-state index >= 15 is 0 Å². The molecular formula is C68H50N2Si2. The van der Waals surface area contributed by atoms with Gasteiger partial charge in [0, 0.05) is 32.9 Å². The average Bonchev–Trinajstić information content (AvgIpc) is 4.04. The van der Waals surface area contributed by atoms with Crippen molar-refractivity contribution >= 4 is 101 Å². The molecule has 0 aliphatic carbocycles. The Labute approximate surface area is 429 Å². The van der Waals surface area contributed by atoms with Gasteiger partial charge < -0.3 is 9.13 Å². The highest BCUT2D eigenvalue weighted by Gasteiger charge is 2.56. The molecule has 14 rings (SSSR count). The second kappa shape index (κ2) is 16.5. The summed E-state index contributed by atoms with van der Waals surface area (Å²) in [5.74, 6) is 0. The number of hydrogen-bond donors (Lipinski definition) is 0. The van der Waals surface area contributed by atoms with Crippen molar-refractivity contribution in [1.29, 1.82) is 0 Å². The molecule has 2 nitrogen and oxygen atoms in total. The lowest BCUT2D eigenvalue weighted by molar-refractivity contribution is 1.17. The highest BCUT2D eigenvalue weighted by molar-refractivity contribution is 7.32. The zero-order valence-corrected chi connectivity index (χ0v) is 41.9. The first-order valence-electron chi connectivity index (χ1n) is 27.3. The van der Waals surface area contributed by atoms with Crippen LogP contribution in [0.4, 0.5) is 0 Å². The zero-order chi connectivity index (χ0) is 52.3. The van der Waals surface area contributed by atoms with E-state index < -0.39 is 22.2 Å². The first-order valence-corrected chi connectivity index (χ1v) is 28.8. The number of hydrogen-bond acceptors (Lipinski definition) is 0. The van der Waals surface area contributed by atoms with E-state index in [1.165, 1.54) is 63.4 Å². The first kappa shape index (κ1) is 37.3. The molecule has 72 heavy (non-hydrogen) atoms. The summed E-state index contributed by atoms with van der Waals surface area (Å²) in [6.07, 6.45) is 0. The van der Waals surface area contributed by atoms with Crippen molar-refractivity contribution in [1.82, 2.24) is 9.13 Å². The highest BCUT2D eigenvalue weighted by atomic mass is 28.3. The van der Waals surface area contributed by atoms with Gasteiger partial charge in [-0.3, -0.25) is 0 Å². The van der Waals surface area contributed by atoms with Gasteiger partial charge in [0.1, 0.15) is 0 Å². The Balaban J connectivity index is 1.06. The van der Waals surface area contributed by atoms with E-state index in [1.807, 2.05) is 12.1 Å². The number of fused-ring (bicyclic) bond motifs is 8. The Morgan fingerprint density at radius 3 is 1.19 bits per heavy atom. The highest BCUT2D eigenvalue weighted by Crippen LogP contribution is 2.39. The molecule has 0 unspecified atom stereocenters. The number of rotatable bonds is 7. The van der Waals surface area contributed by atoms with Gasteiger partial charge in [0.25, 0.3) is 0 Å². The fourth-order valence-corrected chi connectivity index (χ4v) is 24.7. The number of benzene rings is 11. The largest absolute Gasteiger partial charge is 0.309 e. The van der Waals surface area contributed by atoms with E-state index in [1.54, 1.807) is 0 Å². The van der Waals surface area contributed by atoms with E-state index in [-0.39, 0.29) is 29.7 Å². The van der Waals surface area contributed by atoms with Crippen LogP contribution >= 0.6 is 0 Å². The van der Waals surface area contributed by atoms with Crippen LogP contribution in [0.25, 0.3) is 66.1 Å². The molecule has 2 aromatic heterocycles. The van der Waals surface area contributed by atoms with Gasteiger partial charge in [-0.05, 0) is 133 Å². The molecule has 340 valence electrons. The van der Waals surface area contributed by atoms with Crippen LogP contribution in [-0.2, 0) is 0 Å². The maximum atomic E-state index is 9.06. The van der Waals surface area contributed by atoms with E-state index in [0.717, 1.165) is 44.2 Å². The molecule has 0 fully saturated rings. The molecule has 3 heterocycles. The lowest BCUT2D eigenvalue weighted by Gasteiger charge is -2.48. The Bertz CT molecular complexity index is 4370. The maximum Gasteiger partial charge on any atom is 0.179 e. The average molecular weight is 956 g/mol. The molecule has 0 amide bonds. The van der Waals surface area contributed by atoms with Gasteiger partial charge in [-0.25, -0.2) is 0 Å². The van der Waals surface area contributed by atoms with Gasteiger partial charge in [-0.2, -0.15) is 0 Å². The van der Waals surface area contributed by atoms with Gasteiger partial charge in [-0.15, -0.1) is 0 Å². The number of nitrogens with zero attached hydrogens (tertiary/aromatic N) is 2. The Morgan fingerprint density at radius 1 is 0.306 bits per heavy atom. The number of aryl methyl sites for hydroxylation is 2. The predicted molar refractivity (Wildman–Crippen MR) is 311 cm³/mol. The van der Waals surface area contributed by atoms with E-state index in [9.17, 15) is 0 Å². The van der Waals surface area contributed by atoms with Gasteiger partial charge in [0.05, 0.1) is 28.9 Å². The van der Waals surface area contributed by atoms with Crippen LogP contribution in [0.5, 0.6) is 0 Å². The van der Waals surface area contributed by atoms with E-state index in [2.05, 4.69) is 247 Å². The SMILES string of the molecule is [2H]c1c([2H])c([2H])c(-c2ccc3c(c2)c2cc(-n4c5ccc(C)cc5c5cc(C)ccc54)ccc2n3-c2cccc([Si]3(c4ccccc4)c4ccccc4[Si](c4ccccc4)(c4ccccc4)c4ccccc43)c2)c([2H])c1[2H]. The Kier molecular flexibility index (Phi) is 8.56. The third-order valence-electron chi connectivity index (χ3n) is 15.5. The third kappa shape index (κ3) is 6.13. The molecule has 1 aliphatic heterocycles. The topological polar surface area (TPSA) is 9.86 Å². The normalized spacial score (nSPS) is 14.6. The summed E-state index contributed by atoms with van der Waals surface area (Å²) < 4.78 is 48.5. The first-order chi connectivity index (χ1) is 37.6. The summed E-state index contributed by atoms with van der Waals surface area (Å²) >= 11 is 0. The monoisotopic (exact) mass is 955 g/mol. The fraction of sp³-hybridized carbons (Fsp3) is 0.0294. The molecule has 0 saturated carbocycles. The zero-order valence-electron chi connectivity index (χ0n) is 44.9. The standard InChI is InChI=1S/C68H50N2Si2/c1-47-34-38-61-57(42-47)58-43-48(2)35-39-62(58)70(61)52-37-41-64-60(46-52)59-44-50(49-20-7-3-8-21-49)36-40-63(59)69(64)51-22-19-29-56(45-51)72(55-27-13-6-14-28-55)67-32-17-15-30-65(67)71(53-23-9-4-10-24-53,54-25-11-5-12-26-54)66-31-16-18-33-68(66)72/h3-46H,1-2H3/i3D,7D,8D,20D,21D. The van der Waals surface area contributed by atoms with Crippen LogP contribution in [0, 0.1) is 13.8 Å². The third-order valence-corrected chi connectivity index (χ3v) is 25.8. The Hall–Kier alpha value is -8.55. The second-order valence-corrected chi connectivity index (χ2v) is 26.8. The molecule has 4 heteroatoms. The summed E-state index contributed by atoms with van der Waals surface area (Å²) in [6, 6.07) is 86.2. The molecule has 0 N–H and O–H groups in total. The molecule has 0 saturated heterocycles. The van der Waals surface area contributed by atoms with Crippen LogP contribution < -0.4 is 41.5 Å². The van der Waals surface area contributed by atoms with Crippen LogP contribution in [0.2, 0.25) is 0 Å². The van der Waals surface area contributed by atoms with Crippen molar-refractivity contribution < 1.29 is 6.85 Å². The van der Waals surface area contributed by atoms with Gasteiger partial charge in [0.2, 0.25) is 0 Å². The van der Waals surface area contributed by atoms with Crippen LogP contribution in [0.15, 0.2) is 267 Å². The summed E-state index contributed by atoms with van der Waals surface area (Å²) in [4.78, 5) is 0.